The van der Waals surface area contributed by atoms with Crippen molar-refractivity contribution in [2.75, 3.05) is 25.1 Å². The number of urea groups is 1. The van der Waals surface area contributed by atoms with E-state index >= 15 is 0 Å². The number of benzene rings is 1. The SMILES string of the molecule is CN(C)C(=O)Nc1cc(F)ccc1N. The van der Waals surface area contributed by atoms with Crippen LogP contribution in [-0.4, -0.2) is 25.0 Å². The lowest BCUT2D eigenvalue weighted by Gasteiger charge is -2.13. The van der Waals surface area contributed by atoms with Gasteiger partial charge in [0.2, 0.25) is 0 Å². The number of nitrogens with one attached hydrogen (secondary N) is 1. The highest BCUT2D eigenvalue weighted by atomic mass is 19.1. The number of anilines is 2. The van der Waals surface area contributed by atoms with Gasteiger partial charge in [0.15, 0.2) is 0 Å². The van der Waals surface area contributed by atoms with Crippen LogP contribution < -0.4 is 11.1 Å². The summed E-state index contributed by atoms with van der Waals surface area (Å²) in [5, 5.41) is 2.47. The van der Waals surface area contributed by atoms with Gasteiger partial charge in [0.05, 0.1) is 11.4 Å². The molecule has 3 N–H and O–H groups in total. The van der Waals surface area contributed by atoms with Crippen LogP contribution in [0.5, 0.6) is 0 Å². The Kier molecular flexibility index (Phi) is 2.91. The van der Waals surface area contributed by atoms with Crippen molar-refractivity contribution >= 4 is 17.4 Å². The molecule has 14 heavy (non-hydrogen) atoms. The molecule has 0 spiro atoms. The van der Waals surface area contributed by atoms with Gasteiger partial charge in [-0.1, -0.05) is 0 Å². The molecule has 0 aliphatic carbocycles. The highest BCUT2D eigenvalue weighted by molar-refractivity contribution is 5.92. The molecule has 0 bridgehead atoms. The molecule has 4 nitrogen and oxygen atoms in total. The zero-order valence-electron chi connectivity index (χ0n) is 8.04. The highest BCUT2D eigenvalue weighted by Crippen LogP contribution is 2.19. The molecular weight excluding hydrogens is 185 g/mol. The molecule has 0 aliphatic heterocycles. The second kappa shape index (κ2) is 3.95. The minimum Gasteiger partial charge on any atom is -0.397 e. The molecule has 76 valence electrons. The topological polar surface area (TPSA) is 58.4 Å². The maximum absolute atomic E-state index is 12.8. The number of carbonyl (C=O) groups excluding carboxylic acids is 1. The molecule has 1 rings (SSSR count). The van der Waals surface area contributed by atoms with Gasteiger partial charge < -0.3 is 16.0 Å². The number of hydrogen-bond acceptors (Lipinski definition) is 2. The lowest BCUT2D eigenvalue weighted by atomic mass is 10.2. The van der Waals surface area contributed by atoms with Crippen molar-refractivity contribution in [1.82, 2.24) is 4.90 Å². The first kappa shape index (κ1) is 10.3. The first-order valence-electron chi connectivity index (χ1n) is 4.04. The summed E-state index contributed by atoms with van der Waals surface area (Å²) in [5.41, 5.74) is 6.15. The van der Waals surface area contributed by atoms with Crippen molar-refractivity contribution in [1.29, 1.82) is 0 Å². The minimum absolute atomic E-state index is 0.281. The van der Waals surface area contributed by atoms with Gasteiger partial charge in [-0.25, -0.2) is 9.18 Å². The summed E-state index contributed by atoms with van der Waals surface area (Å²) in [7, 11) is 3.18. The summed E-state index contributed by atoms with van der Waals surface area (Å²) in [5.74, 6) is -0.437. The number of nitrogens with two attached hydrogens (primary N) is 1. The Hall–Kier alpha value is -1.78. The van der Waals surface area contributed by atoms with E-state index in [0.717, 1.165) is 0 Å². The summed E-state index contributed by atoms with van der Waals surface area (Å²) < 4.78 is 12.8. The summed E-state index contributed by atoms with van der Waals surface area (Å²) in [6, 6.07) is 3.47. The number of rotatable bonds is 1. The number of carbonyl (C=O) groups is 1. The van der Waals surface area contributed by atoms with E-state index in [1.54, 1.807) is 14.1 Å². The number of amides is 2. The van der Waals surface area contributed by atoms with Crippen LogP contribution in [0, 0.1) is 5.82 Å². The van der Waals surface area contributed by atoms with Crippen molar-refractivity contribution in [3.05, 3.63) is 24.0 Å². The predicted octanol–water partition coefficient (Wildman–Crippen LogP) is 1.50. The fourth-order valence-corrected chi connectivity index (χ4v) is 0.864. The van der Waals surface area contributed by atoms with Crippen LogP contribution in [0.1, 0.15) is 0 Å². The van der Waals surface area contributed by atoms with Crippen LogP contribution in [0.4, 0.5) is 20.6 Å². The van der Waals surface area contributed by atoms with Crippen LogP contribution in [0.25, 0.3) is 0 Å². The van der Waals surface area contributed by atoms with Gasteiger partial charge in [0.25, 0.3) is 0 Å². The van der Waals surface area contributed by atoms with Gasteiger partial charge in [-0.3, -0.25) is 0 Å². The molecule has 0 radical (unpaired) electrons. The molecule has 1 aromatic carbocycles. The van der Waals surface area contributed by atoms with Crippen molar-refractivity contribution < 1.29 is 9.18 Å². The lowest BCUT2D eigenvalue weighted by molar-refractivity contribution is 0.230. The third-order valence-electron chi connectivity index (χ3n) is 1.66. The monoisotopic (exact) mass is 197 g/mol. The molecule has 0 saturated carbocycles. The van der Waals surface area contributed by atoms with Gasteiger partial charge >= 0.3 is 6.03 Å². The number of nitrogens with zero attached hydrogens (tertiary/aromatic N) is 1. The van der Waals surface area contributed by atoms with Crippen LogP contribution in [0.15, 0.2) is 18.2 Å². The first-order chi connectivity index (χ1) is 6.50. The Labute approximate surface area is 81.5 Å². The summed E-state index contributed by atoms with van der Waals surface area (Å²) in [4.78, 5) is 12.6. The molecule has 5 heteroatoms. The van der Waals surface area contributed by atoms with Gasteiger partial charge in [0.1, 0.15) is 5.82 Å². The van der Waals surface area contributed by atoms with Gasteiger partial charge in [-0.15, -0.1) is 0 Å². The largest absolute Gasteiger partial charge is 0.397 e. The van der Waals surface area contributed by atoms with Crippen LogP contribution in [0.2, 0.25) is 0 Å². The Balaban J connectivity index is 2.86. The third-order valence-corrected chi connectivity index (χ3v) is 1.66. The quantitative estimate of drug-likeness (QED) is 0.670. The summed E-state index contributed by atoms with van der Waals surface area (Å²) >= 11 is 0. The van der Waals surface area contributed by atoms with Gasteiger partial charge in [0, 0.05) is 14.1 Å². The van der Waals surface area contributed by atoms with Crippen molar-refractivity contribution in [3.63, 3.8) is 0 Å². The van der Waals surface area contributed by atoms with E-state index in [0.29, 0.717) is 5.69 Å². The van der Waals surface area contributed by atoms with Crippen LogP contribution in [-0.2, 0) is 0 Å². The van der Waals surface area contributed by atoms with E-state index < -0.39 is 5.82 Å². The summed E-state index contributed by atoms with van der Waals surface area (Å²) in [6.45, 7) is 0. The Morgan fingerprint density at radius 1 is 1.50 bits per heavy atom. The molecule has 0 saturated heterocycles. The predicted molar refractivity (Wildman–Crippen MR) is 53.5 cm³/mol. The molecule has 0 unspecified atom stereocenters. The van der Waals surface area contributed by atoms with Crippen molar-refractivity contribution in [2.45, 2.75) is 0 Å². The van der Waals surface area contributed by atoms with E-state index in [1.807, 2.05) is 0 Å². The number of hydrogen-bond donors (Lipinski definition) is 2. The van der Waals surface area contributed by atoms with Crippen molar-refractivity contribution in [2.24, 2.45) is 0 Å². The van der Waals surface area contributed by atoms with E-state index in [2.05, 4.69) is 5.32 Å². The molecule has 0 aliphatic rings. The van der Waals surface area contributed by atoms with Crippen LogP contribution in [0.3, 0.4) is 0 Å². The maximum atomic E-state index is 12.8. The maximum Gasteiger partial charge on any atom is 0.321 e. The fourth-order valence-electron chi connectivity index (χ4n) is 0.864. The number of nitrogen functional groups attached to an aromatic ring is 1. The highest BCUT2D eigenvalue weighted by Gasteiger charge is 2.07. The van der Waals surface area contributed by atoms with E-state index in [9.17, 15) is 9.18 Å². The summed E-state index contributed by atoms with van der Waals surface area (Å²) in [6.07, 6.45) is 0. The second-order valence-electron chi connectivity index (χ2n) is 3.06. The molecule has 0 fully saturated rings. The Morgan fingerprint density at radius 3 is 2.71 bits per heavy atom. The Morgan fingerprint density at radius 2 is 2.14 bits per heavy atom. The zero-order valence-corrected chi connectivity index (χ0v) is 8.04. The molecule has 1 aromatic rings. The van der Waals surface area contributed by atoms with Gasteiger partial charge in [-0.05, 0) is 18.2 Å². The fraction of sp³-hybridized carbons (Fsp3) is 0.222. The molecular formula is C9H12FN3O. The third kappa shape index (κ3) is 2.35. The van der Waals surface area contributed by atoms with E-state index in [-0.39, 0.29) is 11.7 Å². The average Bonchev–Trinajstić information content (AvgIpc) is 2.11. The second-order valence-corrected chi connectivity index (χ2v) is 3.06. The van der Waals surface area contributed by atoms with E-state index in [1.165, 1.54) is 23.1 Å². The standard InChI is InChI=1S/C9H12FN3O/c1-13(2)9(14)12-8-5-6(10)3-4-7(8)11/h3-5H,11H2,1-2H3,(H,12,14). The number of halogens is 1. The zero-order chi connectivity index (χ0) is 10.7. The van der Waals surface area contributed by atoms with Crippen LogP contribution >= 0.6 is 0 Å². The normalized spacial score (nSPS) is 9.64. The molecule has 2 amide bonds. The Bertz CT molecular complexity index is 352. The minimum atomic E-state index is -0.437. The first-order valence-corrected chi connectivity index (χ1v) is 4.04. The smallest absolute Gasteiger partial charge is 0.321 e. The van der Waals surface area contributed by atoms with Crippen molar-refractivity contribution in [3.8, 4) is 0 Å². The van der Waals surface area contributed by atoms with E-state index in [4.69, 9.17) is 5.73 Å². The molecule has 0 aromatic heterocycles. The average molecular weight is 197 g/mol. The molecule has 0 heterocycles. The molecule has 0 atom stereocenters. The lowest BCUT2D eigenvalue weighted by Crippen LogP contribution is -2.27. The van der Waals surface area contributed by atoms with Gasteiger partial charge in [-0.2, -0.15) is 0 Å².